The van der Waals surface area contributed by atoms with Crippen LogP contribution in [0.1, 0.15) is 45.4 Å². The maximum absolute atomic E-state index is 11.2. The maximum Gasteiger partial charge on any atom is 1.00 e. The van der Waals surface area contributed by atoms with Gasteiger partial charge in [-0.2, -0.15) is 0 Å². The van der Waals surface area contributed by atoms with Crippen LogP contribution in [0.4, 0.5) is 11.4 Å². The molecular weight excluding hydrogens is 745 g/mol. The van der Waals surface area contributed by atoms with E-state index in [0.29, 0.717) is 59.1 Å². The molecule has 0 radical (unpaired) electrons. The largest absolute Gasteiger partial charge is 1.00 e. The number of aryl methyl sites for hydroxylation is 2. The maximum atomic E-state index is 11.2. The molecule has 0 saturated heterocycles. The minimum atomic E-state index is -4.32. The second kappa shape index (κ2) is 17.0. The van der Waals surface area contributed by atoms with Gasteiger partial charge < -0.3 is 18.9 Å². The molecule has 0 aliphatic carbocycles. The first-order valence-electron chi connectivity index (χ1n) is 14.4. The molecule has 1 aliphatic heterocycles. The molecule has 0 fully saturated rings. The topological polar surface area (TPSA) is 130 Å². The normalized spacial score (nSPS) is 14.6. The fourth-order valence-corrected chi connectivity index (χ4v) is 7.26. The van der Waals surface area contributed by atoms with Gasteiger partial charge >= 0.3 is 51.4 Å². The number of halogens is 4. The third-order valence-electron chi connectivity index (χ3n) is 7.48. The van der Waals surface area contributed by atoms with Crippen molar-refractivity contribution >= 4 is 95.1 Å². The van der Waals surface area contributed by atoms with Crippen LogP contribution in [0, 0.1) is 0 Å². The van der Waals surface area contributed by atoms with E-state index in [-0.39, 0.29) is 64.2 Å². The van der Waals surface area contributed by atoms with E-state index in [1.54, 1.807) is 24.3 Å². The molecule has 46 heavy (non-hydrogen) atoms. The summed E-state index contributed by atoms with van der Waals surface area (Å²) < 4.78 is 71.1. The Morgan fingerprint density at radius 2 is 1.30 bits per heavy atom. The number of hydrogen-bond donors (Lipinski definition) is 0. The summed E-state index contributed by atoms with van der Waals surface area (Å²) >= 11 is 25.5. The number of rotatable bonds is 14. The van der Waals surface area contributed by atoms with Gasteiger partial charge in [0.25, 0.3) is 5.82 Å². The van der Waals surface area contributed by atoms with Crippen LogP contribution in [0.5, 0.6) is 0 Å². The van der Waals surface area contributed by atoms with Crippen LogP contribution in [0.15, 0.2) is 42.2 Å². The number of aromatic nitrogens is 2. The first-order chi connectivity index (χ1) is 21.1. The van der Waals surface area contributed by atoms with Gasteiger partial charge in [-0.1, -0.05) is 52.5 Å². The number of benzene rings is 2. The molecule has 1 aromatic heterocycles. The number of imidazole rings is 1. The molecule has 1 aliphatic rings. The van der Waals surface area contributed by atoms with Crippen molar-refractivity contribution in [1.82, 2.24) is 4.57 Å². The van der Waals surface area contributed by atoms with Gasteiger partial charge in [-0.25, -0.2) is 26.0 Å². The van der Waals surface area contributed by atoms with Crippen LogP contribution >= 0.6 is 46.4 Å². The molecule has 0 bridgehead atoms. The molecule has 0 saturated carbocycles. The Kier molecular flexibility index (Phi) is 14.8. The Balaban J connectivity index is 0.00000576. The molecule has 3 aromatic rings. The fraction of sp³-hybridized carbons (Fsp3) is 0.414. The zero-order valence-electron chi connectivity index (χ0n) is 25.7. The van der Waals surface area contributed by atoms with Crippen molar-refractivity contribution < 1.29 is 81.9 Å². The van der Waals surface area contributed by atoms with E-state index in [1.807, 2.05) is 41.5 Å². The van der Waals surface area contributed by atoms with Gasteiger partial charge in [0.15, 0.2) is 11.0 Å². The second-order valence-corrected chi connectivity index (χ2v) is 15.2. The smallest absolute Gasteiger partial charge is 0.748 e. The summed E-state index contributed by atoms with van der Waals surface area (Å²) in [5.74, 6) is 0.734. The molecule has 10 nitrogen and oxygen atoms in total. The summed E-state index contributed by atoms with van der Waals surface area (Å²) in [4.78, 5) is 4.09. The van der Waals surface area contributed by atoms with Crippen molar-refractivity contribution in [3.63, 3.8) is 0 Å². The van der Waals surface area contributed by atoms with Gasteiger partial charge in [-0.15, -0.1) is 0 Å². The number of anilines is 2. The van der Waals surface area contributed by atoms with Crippen LogP contribution < -0.4 is 65.8 Å². The Labute approximate surface area is 332 Å². The third kappa shape index (κ3) is 9.86. The van der Waals surface area contributed by atoms with E-state index in [9.17, 15) is 25.9 Å². The SMILES string of the molecule is CCN1/C(=C\C=C\c2n(CC)c3cc(Cl)c(Cl)cc3[n+]2CCCCS(=O)(=O)[O-])N(CCCCS(=O)(=O)[O-])c2cc(Cl)c(Cl)cc21.[K+]. The molecule has 4 rings (SSSR count). The first-order valence-corrected chi connectivity index (χ1v) is 19.0. The molecule has 0 N–H and O–H groups in total. The second-order valence-electron chi connectivity index (χ2n) is 10.5. The van der Waals surface area contributed by atoms with Crippen LogP contribution in [0.25, 0.3) is 17.1 Å². The first kappa shape index (κ1) is 40.0. The average Bonchev–Trinajstić information content (AvgIpc) is 3.38. The summed E-state index contributed by atoms with van der Waals surface area (Å²) in [6.07, 6.45) is 7.08. The Morgan fingerprint density at radius 3 is 1.87 bits per heavy atom. The Hall–Kier alpha value is -0.394. The van der Waals surface area contributed by atoms with Crippen molar-refractivity contribution in [2.75, 3.05) is 34.4 Å². The van der Waals surface area contributed by atoms with Gasteiger partial charge in [0.05, 0.1) is 64.8 Å². The molecule has 0 atom stereocenters. The summed E-state index contributed by atoms with van der Waals surface area (Å²) in [6.45, 7) is 6.07. The minimum Gasteiger partial charge on any atom is -0.748 e. The fourth-order valence-electron chi connectivity index (χ4n) is 5.51. The summed E-state index contributed by atoms with van der Waals surface area (Å²) in [6, 6.07) is 7.13. The molecule has 246 valence electrons. The van der Waals surface area contributed by atoms with Gasteiger partial charge in [-0.3, -0.25) is 0 Å². The van der Waals surface area contributed by atoms with Gasteiger partial charge in [0.2, 0.25) is 0 Å². The Bertz CT molecular complexity index is 1870. The summed E-state index contributed by atoms with van der Waals surface area (Å²) in [5, 5.41) is 1.56. The predicted octanol–water partition coefficient (Wildman–Crippen LogP) is 3.42. The molecule has 0 spiro atoms. The number of hydrogen-bond acceptors (Lipinski definition) is 8. The average molecular weight is 779 g/mol. The molecular formula is C29H33Cl4KN4O6S2. The number of fused-ring (bicyclic) bond motifs is 2. The number of allylic oxidation sites excluding steroid dienone is 2. The standard InChI is InChI=1S/C29H34Cl4N4O6S2.K/c1-3-34-24-16-20(30)22(32)18-26(24)36(12-5-7-14-44(38,39)40)28(34)10-9-11-29-35(4-2)25-17-21(31)23(33)19-27(25)37(29)13-6-8-15-45(41,42)43;/h9-11,16-19H,3-8,12-15H2,1-2H3,(H-,38,39,40,41,42,43);/q;+1/p-1. The van der Waals surface area contributed by atoms with Gasteiger partial charge in [0, 0.05) is 42.8 Å². The van der Waals surface area contributed by atoms with E-state index in [4.69, 9.17) is 46.4 Å². The van der Waals surface area contributed by atoms with Crippen molar-refractivity contribution in [3.05, 3.63) is 68.2 Å². The van der Waals surface area contributed by atoms with Crippen molar-refractivity contribution in [1.29, 1.82) is 0 Å². The monoisotopic (exact) mass is 776 g/mol. The minimum absolute atomic E-state index is 0. The summed E-state index contributed by atoms with van der Waals surface area (Å²) in [7, 11) is -8.64. The Morgan fingerprint density at radius 1 is 0.761 bits per heavy atom. The van der Waals surface area contributed by atoms with Crippen LogP contribution in [-0.2, 0) is 33.3 Å². The quantitative estimate of drug-likeness (QED) is 0.106. The molecule has 2 heterocycles. The summed E-state index contributed by atoms with van der Waals surface area (Å²) in [5.41, 5.74) is 3.31. The van der Waals surface area contributed by atoms with Gasteiger partial charge in [0.1, 0.15) is 5.82 Å². The zero-order chi connectivity index (χ0) is 33.1. The van der Waals surface area contributed by atoms with Crippen molar-refractivity contribution in [2.24, 2.45) is 0 Å². The van der Waals surface area contributed by atoms with E-state index in [0.717, 1.165) is 34.1 Å². The molecule has 0 amide bonds. The number of nitrogens with zero attached hydrogens (tertiary/aromatic N) is 4. The zero-order valence-corrected chi connectivity index (χ0v) is 33.5. The molecule has 0 unspecified atom stereocenters. The van der Waals surface area contributed by atoms with Crippen LogP contribution in [0.3, 0.4) is 0 Å². The van der Waals surface area contributed by atoms with Crippen LogP contribution in [-0.4, -0.2) is 55.1 Å². The van der Waals surface area contributed by atoms with Crippen LogP contribution in [0.2, 0.25) is 20.1 Å². The van der Waals surface area contributed by atoms with Crippen molar-refractivity contribution in [3.8, 4) is 0 Å². The number of unbranched alkanes of at least 4 members (excludes halogenated alkanes) is 2. The van der Waals surface area contributed by atoms with E-state index < -0.39 is 31.7 Å². The van der Waals surface area contributed by atoms with Crippen molar-refractivity contribution in [2.45, 2.75) is 52.6 Å². The van der Waals surface area contributed by atoms with E-state index >= 15 is 0 Å². The third-order valence-corrected chi connectivity index (χ3v) is 10.5. The predicted molar refractivity (Wildman–Crippen MR) is 179 cm³/mol. The van der Waals surface area contributed by atoms with E-state index in [2.05, 4.69) is 9.47 Å². The van der Waals surface area contributed by atoms with Gasteiger partial charge in [-0.05, 0) is 57.7 Å². The van der Waals surface area contributed by atoms with E-state index in [1.165, 1.54) is 0 Å². The molecule has 17 heteroatoms. The molecule has 2 aromatic carbocycles.